The lowest BCUT2D eigenvalue weighted by molar-refractivity contribution is 0.423. The topological polar surface area (TPSA) is 77.8 Å². The van der Waals surface area contributed by atoms with Crippen molar-refractivity contribution in [3.63, 3.8) is 0 Å². The van der Waals surface area contributed by atoms with Gasteiger partial charge in [-0.3, -0.25) is 4.79 Å². The number of pyridine rings is 1. The summed E-state index contributed by atoms with van der Waals surface area (Å²) in [5.74, 6) is 0.937. The van der Waals surface area contributed by atoms with E-state index in [0.29, 0.717) is 33.7 Å². The number of methoxy groups -OCH3 is 1. The van der Waals surface area contributed by atoms with Crippen molar-refractivity contribution < 1.29 is 13.6 Å². The van der Waals surface area contributed by atoms with Crippen molar-refractivity contribution in [2.75, 3.05) is 7.11 Å². The smallest absolute Gasteiger partial charge is 0.205 e. The molecule has 0 unspecified atom stereocenters. The second kappa shape index (κ2) is 5.66. The lowest BCUT2D eigenvalue weighted by Gasteiger charge is -2.06. The Labute approximate surface area is 136 Å². The van der Waals surface area contributed by atoms with E-state index in [-0.39, 0.29) is 5.43 Å². The first-order valence-electron chi connectivity index (χ1n) is 7.23. The summed E-state index contributed by atoms with van der Waals surface area (Å²) in [6.07, 6.45) is 5.98. The number of aliphatic imine (C=N–C) groups is 1. The summed E-state index contributed by atoms with van der Waals surface area (Å²) in [6.45, 7) is 0. The van der Waals surface area contributed by atoms with Gasteiger partial charge in [0.15, 0.2) is 5.82 Å². The van der Waals surface area contributed by atoms with Crippen LogP contribution in [0, 0.1) is 0 Å². The predicted octanol–water partition coefficient (Wildman–Crippen LogP) is 3.69. The Morgan fingerprint density at radius 3 is 2.92 bits per heavy atom. The molecule has 118 valence electrons. The third kappa shape index (κ3) is 2.25. The van der Waals surface area contributed by atoms with Gasteiger partial charge in [-0.2, -0.15) is 0 Å². The summed E-state index contributed by atoms with van der Waals surface area (Å²) in [4.78, 5) is 21.1. The fraction of sp³-hybridized carbons (Fsp3) is 0.0556. The van der Waals surface area contributed by atoms with Crippen LogP contribution in [-0.2, 0) is 0 Å². The molecule has 0 atom stereocenters. The maximum atomic E-state index is 12.8. The monoisotopic (exact) mass is 320 g/mol. The maximum Gasteiger partial charge on any atom is 0.205 e. The van der Waals surface area contributed by atoms with Crippen LogP contribution >= 0.6 is 0 Å². The minimum Gasteiger partial charge on any atom is -0.495 e. The van der Waals surface area contributed by atoms with E-state index in [1.165, 1.54) is 19.6 Å². The number of hydrogen-bond acceptors (Lipinski definition) is 6. The van der Waals surface area contributed by atoms with Crippen LogP contribution in [-0.4, -0.2) is 18.3 Å². The fourth-order valence-corrected chi connectivity index (χ4v) is 2.56. The standard InChI is InChI=1S/C18H12N2O4/c1-22-18-12-5-7-23-13(12)8-14-16(18)17(21)11(10-24-14)9-20-15-4-2-3-6-19-15/h2-10H,1H3/b20-9+. The van der Waals surface area contributed by atoms with E-state index in [2.05, 4.69) is 9.98 Å². The van der Waals surface area contributed by atoms with E-state index in [0.717, 1.165) is 5.39 Å². The number of furan rings is 1. The number of benzene rings is 1. The van der Waals surface area contributed by atoms with E-state index in [9.17, 15) is 4.79 Å². The number of ether oxygens (including phenoxy) is 1. The van der Waals surface area contributed by atoms with Gasteiger partial charge in [0.05, 0.1) is 24.3 Å². The summed E-state index contributed by atoms with van der Waals surface area (Å²) < 4.78 is 16.4. The van der Waals surface area contributed by atoms with Crippen molar-refractivity contribution in [1.29, 1.82) is 0 Å². The summed E-state index contributed by atoms with van der Waals surface area (Å²) in [6, 6.07) is 8.79. The molecule has 3 aromatic heterocycles. The molecule has 1 aromatic carbocycles. The highest BCUT2D eigenvalue weighted by atomic mass is 16.5. The molecule has 0 aliphatic rings. The van der Waals surface area contributed by atoms with Crippen molar-refractivity contribution in [2.45, 2.75) is 0 Å². The minimum absolute atomic E-state index is 0.226. The van der Waals surface area contributed by atoms with Crippen LogP contribution in [0.4, 0.5) is 5.82 Å². The van der Waals surface area contributed by atoms with Gasteiger partial charge < -0.3 is 13.6 Å². The van der Waals surface area contributed by atoms with Crippen LogP contribution in [0.5, 0.6) is 5.75 Å². The van der Waals surface area contributed by atoms with Gasteiger partial charge in [-0.15, -0.1) is 0 Å². The molecule has 0 saturated carbocycles. The molecule has 24 heavy (non-hydrogen) atoms. The molecule has 0 bridgehead atoms. The lowest BCUT2D eigenvalue weighted by atomic mass is 10.1. The average molecular weight is 320 g/mol. The second-order valence-electron chi connectivity index (χ2n) is 5.08. The first-order valence-corrected chi connectivity index (χ1v) is 7.23. The van der Waals surface area contributed by atoms with Gasteiger partial charge in [-0.25, -0.2) is 9.98 Å². The largest absolute Gasteiger partial charge is 0.495 e. The van der Waals surface area contributed by atoms with Crippen LogP contribution in [0.3, 0.4) is 0 Å². The van der Waals surface area contributed by atoms with Crippen LogP contribution in [0.15, 0.2) is 67.7 Å². The maximum absolute atomic E-state index is 12.8. The average Bonchev–Trinajstić information content (AvgIpc) is 3.08. The Hall–Kier alpha value is -3.41. The highest BCUT2D eigenvalue weighted by molar-refractivity contribution is 6.02. The summed E-state index contributed by atoms with van der Waals surface area (Å²) >= 11 is 0. The molecular formula is C18H12N2O4. The Kier molecular flexibility index (Phi) is 3.35. The van der Waals surface area contributed by atoms with Crippen LogP contribution in [0.2, 0.25) is 0 Å². The van der Waals surface area contributed by atoms with Crippen molar-refractivity contribution in [3.05, 3.63) is 64.8 Å². The molecule has 0 fully saturated rings. The number of rotatable bonds is 3. The number of fused-ring (bicyclic) bond motifs is 2. The Balaban J connectivity index is 1.93. The van der Waals surface area contributed by atoms with Gasteiger partial charge in [0.2, 0.25) is 5.43 Å². The summed E-state index contributed by atoms with van der Waals surface area (Å²) in [5.41, 5.74) is 1.08. The lowest BCUT2D eigenvalue weighted by Crippen LogP contribution is -2.09. The third-order valence-electron chi connectivity index (χ3n) is 3.67. The van der Waals surface area contributed by atoms with E-state index >= 15 is 0 Å². The molecule has 0 N–H and O–H groups in total. The Bertz CT molecular complexity index is 1110. The molecule has 3 heterocycles. The molecule has 0 saturated heterocycles. The Morgan fingerprint density at radius 1 is 1.21 bits per heavy atom. The number of nitrogens with zero attached hydrogens (tertiary/aromatic N) is 2. The van der Waals surface area contributed by atoms with E-state index in [1.54, 1.807) is 36.7 Å². The van der Waals surface area contributed by atoms with Crippen molar-refractivity contribution >= 4 is 34.0 Å². The Morgan fingerprint density at radius 2 is 2.12 bits per heavy atom. The van der Waals surface area contributed by atoms with Gasteiger partial charge in [0, 0.05) is 18.5 Å². The zero-order valence-corrected chi connectivity index (χ0v) is 12.7. The van der Waals surface area contributed by atoms with E-state index < -0.39 is 0 Å². The second-order valence-corrected chi connectivity index (χ2v) is 5.08. The molecule has 0 radical (unpaired) electrons. The predicted molar refractivity (Wildman–Crippen MR) is 90.3 cm³/mol. The first-order chi connectivity index (χ1) is 11.8. The fourth-order valence-electron chi connectivity index (χ4n) is 2.56. The molecule has 4 rings (SSSR count). The van der Waals surface area contributed by atoms with E-state index in [4.69, 9.17) is 13.6 Å². The SMILES string of the molecule is COc1c2ccoc2cc2occ(/C=N/c3ccccn3)c(=O)c12. The van der Waals surface area contributed by atoms with Gasteiger partial charge in [0.1, 0.15) is 28.6 Å². The zero-order chi connectivity index (χ0) is 16.5. The quantitative estimate of drug-likeness (QED) is 0.538. The molecule has 0 aliphatic carbocycles. The first kappa shape index (κ1) is 14.2. The molecular weight excluding hydrogens is 308 g/mol. The molecule has 0 spiro atoms. The summed E-state index contributed by atoms with van der Waals surface area (Å²) in [7, 11) is 1.51. The third-order valence-corrected chi connectivity index (χ3v) is 3.67. The van der Waals surface area contributed by atoms with E-state index in [1.807, 2.05) is 6.07 Å². The van der Waals surface area contributed by atoms with Crippen molar-refractivity contribution in [3.8, 4) is 5.75 Å². The minimum atomic E-state index is -0.226. The molecule has 4 aromatic rings. The highest BCUT2D eigenvalue weighted by Crippen LogP contribution is 2.33. The molecule has 6 heteroatoms. The zero-order valence-electron chi connectivity index (χ0n) is 12.7. The molecule has 6 nitrogen and oxygen atoms in total. The molecule has 0 aliphatic heterocycles. The van der Waals surface area contributed by atoms with Crippen molar-refractivity contribution in [1.82, 2.24) is 4.98 Å². The van der Waals surface area contributed by atoms with Crippen LogP contribution in [0.1, 0.15) is 5.56 Å². The van der Waals surface area contributed by atoms with Gasteiger partial charge >= 0.3 is 0 Å². The van der Waals surface area contributed by atoms with Gasteiger partial charge in [-0.05, 0) is 18.2 Å². The normalized spacial score (nSPS) is 11.5. The highest BCUT2D eigenvalue weighted by Gasteiger charge is 2.16. The number of hydrogen-bond donors (Lipinski definition) is 0. The van der Waals surface area contributed by atoms with Crippen LogP contribution < -0.4 is 10.2 Å². The van der Waals surface area contributed by atoms with Gasteiger partial charge in [0.25, 0.3) is 0 Å². The molecule has 0 amide bonds. The van der Waals surface area contributed by atoms with Crippen molar-refractivity contribution in [2.24, 2.45) is 4.99 Å². The number of aromatic nitrogens is 1. The van der Waals surface area contributed by atoms with Crippen LogP contribution in [0.25, 0.3) is 21.9 Å². The summed E-state index contributed by atoms with van der Waals surface area (Å²) in [5, 5.41) is 1.08. The van der Waals surface area contributed by atoms with Gasteiger partial charge in [-0.1, -0.05) is 6.07 Å².